The number of rotatable bonds is 5. The first-order valence-corrected chi connectivity index (χ1v) is 7.16. The van der Waals surface area contributed by atoms with E-state index in [0.29, 0.717) is 6.54 Å². The second kappa shape index (κ2) is 6.45. The highest BCUT2D eigenvalue weighted by Gasteiger charge is 2.19. The van der Waals surface area contributed by atoms with Crippen LogP contribution in [-0.2, 0) is 13.5 Å². The van der Waals surface area contributed by atoms with Gasteiger partial charge in [0.25, 0.3) is 0 Å². The SMILES string of the molecule is CCNC(Cc1c(F)ccc(Br)c1F)c1cnn(C)c1. The summed E-state index contributed by atoms with van der Waals surface area (Å²) in [5.74, 6) is -1.07. The zero-order valence-corrected chi connectivity index (χ0v) is 12.9. The molecule has 0 aliphatic carbocycles. The molecular formula is C14H16BrF2N3. The van der Waals surface area contributed by atoms with Crippen molar-refractivity contribution in [3.8, 4) is 0 Å². The molecule has 0 aliphatic rings. The van der Waals surface area contributed by atoms with E-state index in [4.69, 9.17) is 0 Å². The Kier molecular flexibility index (Phi) is 4.88. The number of aromatic nitrogens is 2. The van der Waals surface area contributed by atoms with Gasteiger partial charge in [0.05, 0.1) is 10.7 Å². The summed E-state index contributed by atoms with van der Waals surface area (Å²) in [6.07, 6.45) is 3.79. The van der Waals surface area contributed by atoms with Gasteiger partial charge in [0, 0.05) is 30.4 Å². The molecule has 0 spiro atoms. The van der Waals surface area contributed by atoms with Gasteiger partial charge < -0.3 is 5.32 Å². The molecular weight excluding hydrogens is 328 g/mol. The lowest BCUT2D eigenvalue weighted by molar-refractivity contribution is 0.497. The predicted molar refractivity (Wildman–Crippen MR) is 77.4 cm³/mol. The maximum Gasteiger partial charge on any atom is 0.143 e. The molecule has 1 atom stereocenters. The monoisotopic (exact) mass is 343 g/mol. The predicted octanol–water partition coefficient (Wildman–Crippen LogP) is 3.35. The van der Waals surface area contributed by atoms with Gasteiger partial charge in [0.2, 0.25) is 0 Å². The molecule has 108 valence electrons. The van der Waals surface area contributed by atoms with Crippen LogP contribution in [0.1, 0.15) is 24.1 Å². The molecule has 0 amide bonds. The number of hydrogen-bond donors (Lipinski definition) is 1. The highest BCUT2D eigenvalue weighted by molar-refractivity contribution is 9.10. The minimum Gasteiger partial charge on any atom is -0.310 e. The molecule has 1 heterocycles. The van der Waals surface area contributed by atoms with E-state index in [0.717, 1.165) is 5.56 Å². The second-order valence-corrected chi connectivity index (χ2v) is 5.44. The minimum atomic E-state index is -0.545. The minimum absolute atomic E-state index is 0.0779. The van der Waals surface area contributed by atoms with E-state index in [2.05, 4.69) is 26.3 Å². The van der Waals surface area contributed by atoms with Crippen LogP contribution in [0, 0.1) is 11.6 Å². The summed E-state index contributed by atoms with van der Waals surface area (Å²) in [6, 6.07) is 2.47. The van der Waals surface area contributed by atoms with Crippen LogP contribution in [0.25, 0.3) is 0 Å². The smallest absolute Gasteiger partial charge is 0.143 e. The number of likely N-dealkylation sites (N-methyl/N-ethyl adjacent to an activating group) is 1. The Morgan fingerprint density at radius 2 is 2.15 bits per heavy atom. The highest BCUT2D eigenvalue weighted by atomic mass is 79.9. The topological polar surface area (TPSA) is 29.9 Å². The summed E-state index contributed by atoms with van der Waals surface area (Å²) in [5, 5.41) is 7.34. The molecule has 1 N–H and O–H groups in total. The van der Waals surface area contributed by atoms with Crippen molar-refractivity contribution in [3.63, 3.8) is 0 Å². The largest absolute Gasteiger partial charge is 0.310 e. The lowest BCUT2D eigenvalue weighted by Gasteiger charge is -2.17. The summed E-state index contributed by atoms with van der Waals surface area (Å²) < 4.78 is 29.8. The standard InChI is InChI=1S/C14H16BrF2N3/c1-3-18-13(9-7-19-20(2)8-9)6-10-12(16)5-4-11(15)14(10)17/h4-5,7-8,13,18H,3,6H2,1-2H3. The third-order valence-corrected chi connectivity index (χ3v) is 3.74. The van der Waals surface area contributed by atoms with Crippen molar-refractivity contribution in [2.75, 3.05) is 6.54 Å². The lowest BCUT2D eigenvalue weighted by Crippen LogP contribution is -2.23. The zero-order chi connectivity index (χ0) is 14.7. The van der Waals surface area contributed by atoms with Crippen molar-refractivity contribution in [1.29, 1.82) is 0 Å². The first kappa shape index (κ1) is 15.1. The fourth-order valence-electron chi connectivity index (χ4n) is 2.13. The van der Waals surface area contributed by atoms with Gasteiger partial charge in [-0.2, -0.15) is 5.10 Å². The average molecular weight is 344 g/mol. The molecule has 6 heteroatoms. The van der Waals surface area contributed by atoms with Gasteiger partial charge >= 0.3 is 0 Å². The van der Waals surface area contributed by atoms with E-state index in [-0.39, 0.29) is 22.5 Å². The van der Waals surface area contributed by atoms with Gasteiger partial charge in [0.15, 0.2) is 0 Å². The van der Waals surface area contributed by atoms with Crippen LogP contribution >= 0.6 is 15.9 Å². The van der Waals surface area contributed by atoms with E-state index < -0.39 is 11.6 Å². The molecule has 2 aromatic rings. The number of nitrogens with zero attached hydrogens (tertiary/aromatic N) is 2. The van der Waals surface area contributed by atoms with E-state index >= 15 is 0 Å². The van der Waals surface area contributed by atoms with E-state index in [9.17, 15) is 8.78 Å². The van der Waals surface area contributed by atoms with Crippen LogP contribution in [0.2, 0.25) is 0 Å². The van der Waals surface area contributed by atoms with Gasteiger partial charge in [-0.3, -0.25) is 4.68 Å². The quantitative estimate of drug-likeness (QED) is 0.843. The van der Waals surface area contributed by atoms with E-state index in [1.807, 2.05) is 20.2 Å². The van der Waals surface area contributed by atoms with Crippen molar-refractivity contribution in [2.45, 2.75) is 19.4 Å². The fourth-order valence-corrected chi connectivity index (χ4v) is 2.51. The second-order valence-electron chi connectivity index (χ2n) is 4.58. The molecule has 0 radical (unpaired) electrons. The summed E-state index contributed by atoms with van der Waals surface area (Å²) in [6.45, 7) is 2.66. The Morgan fingerprint density at radius 1 is 1.40 bits per heavy atom. The molecule has 1 unspecified atom stereocenters. The van der Waals surface area contributed by atoms with Crippen LogP contribution in [-0.4, -0.2) is 16.3 Å². The third kappa shape index (κ3) is 3.24. The molecule has 0 fully saturated rings. The van der Waals surface area contributed by atoms with Crippen molar-refractivity contribution in [2.24, 2.45) is 7.05 Å². The van der Waals surface area contributed by atoms with Crippen molar-refractivity contribution < 1.29 is 8.78 Å². The highest BCUT2D eigenvalue weighted by Crippen LogP contribution is 2.26. The maximum absolute atomic E-state index is 14.0. The van der Waals surface area contributed by atoms with Gasteiger partial charge in [-0.05, 0) is 41.0 Å². The summed E-state index contributed by atoms with van der Waals surface area (Å²) in [5.41, 5.74) is 0.988. The Hall–Kier alpha value is -1.27. The van der Waals surface area contributed by atoms with Crippen LogP contribution in [0.15, 0.2) is 29.0 Å². The Balaban J connectivity index is 2.31. The molecule has 0 bridgehead atoms. The summed E-state index contributed by atoms with van der Waals surface area (Å²) >= 11 is 3.09. The van der Waals surface area contributed by atoms with Crippen molar-refractivity contribution in [3.05, 3.63) is 51.8 Å². The van der Waals surface area contributed by atoms with Gasteiger partial charge in [-0.15, -0.1) is 0 Å². The van der Waals surface area contributed by atoms with Crippen LogP contribution < -0.4 is 5.32 Å². The number of hydrogen-bond acceptors (Lipinski definition) is 2. The summed E-state index contributed by atoms with van der Waals surface area (Å²) in [4.78, 5) is 0. The number of aryl methyl sites for hydroxylation is 1. The van der Waals surface area contributed by atoms with Crippen molar-refractivity contribution >= 4 is 15.9 Å². The van der Waals surface area contributed by atoms with Crippen molar-refractivity contribution in [1.82, 2.24) is 15.1 Å². The first-order chi connectivity index (χ1) is 9.52. The normalized spacial score (nSPS) is 12.7. The number of nitrogens with one attached hydrogen (secondary N) is 1. The van der Waals surface area contributed by atoms with Gasteiger partial charge in [-0.1, -0.05) is 6.92 Å². The zero-order valence-electron chi connectivity index (χ0n) is 11.3. The molecule has 3 nitrogen and oxygen atoms in total. The van der Waals surface area contributed by atoms with Gasteiger partial charge in [-0.25, -0.2) is 8.78 Å². The molecule has 0 saturated carbocycles. The van der Waals surface area contributed by atoms with Crippen LogP contribution in [0.4, 0.5) is 8.78 Å². The molecule has 0 aliphatic heterocycles. The van der Waals surface area contributed by atoms with Crippen LogP contribution in [0.5, 0.6) is 0 Å². The fraction of sp³-hybridized carbons (Fsp3) is 0.357. The molecule has 20 heavy (non-hydrogen) atoms. The lowest BCUT2D eigenvalue weighted by atomic mass is 10.0. The Labute approximate surface area is 125 Å². The Bertz CT molecular complexity index is 598. The van der Waals surface area contributed by atoms with E-state index in [1.54, 1.807) is 10.9 Å². The maximum atomic E-state index is 14.0. The molecule has 1 aromatic carbocycles. The Morgan fingerprint density at radius 3 is 2.75 bits per heavy atom. The molecule has 0 saturated heterocycles. The molecule has 1 aromatic heterocycles. The average Bonchev–Trinajstić information content (AvgIpc) is 2.84. The number of halogens is 3. The van der Waals surface area contributed by atoms with E-state index in [1.165, 1.54) is 12.1 Å². The first-order valence-electron chi connectivity index (χ1n) is 6.37. The summed E-state index contributed by atoms with van der Waals surface area (Å²) in [7, 11) is 1.81. The molecule has 2 rings (SSSR count). The third-order valence-electron chi connectivity index (χ3n) is 3.12. The van der Waals surface area contributed by atoms with Crippen LogP contribution in [0.3, 0.4) is 0 Å². The van der Waals surface area contributed by atoms with Gasteiger partial charge in [0.1, 0.15) is 11.6 Å². The number of benzene rings is 1.